The maximum Gasteiger partial charge on any atom is 0.414 e. The van der Waals surface area contributed by atoms with E-state index in [1.54, 1.807) is 24.3 Å². The highest BCUT2D eigenvalue weighted by molar-refractivity contribution is 6.05. The molecule has 1 heterocycles. The smallest absolute Gasteiger partial charge is 0.414 e. The number of carbonyl (C=O) groups excluding carboxylic acids is 2. The number of nitrogens with zero attached hydrogens (tertiary/aromatic N) is 1. The molecule has 1 N–H and O–H groups in total. The van der Waals surface area contributed by atoms with E-state index in [9.17, 15) is 9.59 Å². The molecule has 2 unspecified atom stereocenters. The monoisotopic (exact) mass is 350 g/mol. The number of nitrogens with one attached hydrogen (secondary N) is 1. The van der Waals surface area contributed by atoms with Crippen LogP contribution in [0.3, 0.4) is 0 Å². The van der Waals surface area contributed by atoms with Gasteiger partial charge in [-0.15, -0.1) is 0 Å². The Kier molecular flexibility index (Phi) is 4.37. The molecule has 26 heavy (non-hydrogen) atoms. The van der Waals surface area contributed by atoms with Crippen LogP contribution >= 0.6 is 0 Å². The molecule has 5 nitrogen and oxygen atoms in total. The van der Waals surface area contributed by atoms with Gasteiger partial charge in [0.25, 0.3) is 5.91 Å². The van der Waals surface area contributed by atoms with Crippen LogP contribution in [-0.4, -0.2) is 25.2 Å². The zero-order valence-corrected chi connectivity index (χ0v) is 14.8. The Hall–Kier alpha value is -2.82. The summed E-state index contributed by atoms with van der Waals surface area (Å²) < 4.78 is 4.95. The van der Waals surface area contributed by atoms with Gasteiger partial charge in [-0.05, 0) is 54.2 Å². The summed E-state index contributed by atoms with van der Waals surface area (Å²) in [5, 5.41) is 2.93. The van der Waals surface area contributed by atoms with E-state index in [1.807, 2.05) is 12.1 Å². The summed E-state index contributed by atoms with van der Waals surface area (Å²) in [6.07, 6.45) is 2.13. The van der Waals surface area contributed by atoms with Gasteiger partial charge in [-0.25, -0.2) is 4.79 Å². The van der Waals surface area contributed by atoms with E-state index in [4.69, 9.17) is 4.74 Å². The highest BCUT2D eigenvalue weighted by Gasteiger charge is 2.36. The lowest BCUT2D eigenvalue weighted by atomic mass is 10.1. The lowest BCUT2D eigenvalue weighted by Gasteiger charge is -2.14. The first-order chi connectivity index (χ1) is 12.7. The van der Waals surface area contributed by atoms with Crippen LogP contribution < -0.4 is 10.2 Å². The number of cyclic esters (lactones) is 1. The van der Waals surface area contributed by atoms with Gasteiger partial charge in [-0.1, -0.05) is 31.5 Å². The number of hydrogen-bond acceptors (Lipinski definition) is 3. The third-order valence-electron chi connectivity index (χ3n) is 5.22. The molecule has 2 fully saturated rings. The van der Waals surface area contributed by atoms with Crippen molar-refractivity contribution in [3.8, 4) is 0 Å². The molecule has 5 heteroatoms. The summed E-state index contributed by atoms with van der Waals surface area (Å²) in [4.78, 5) is 25.8. The minimum atomic E-state index is -0.372. The number of anilines is 2. The molecule has 2 aromatic rings. The summed E-state index contributed by atoms with van der Waals surface area (Å²) in [5.41, 5.74) is 3.32. The van der Waals surface area contributed by atoms with Crippen molar-refractivity contribution in [2.24, 2.45) is 5.92 Å². The number of amides is 2. The summed E-state index contributed by atoms with van der Waals surface area (Å²) >= 11 is 0. The fraction of sp³-hybridized carbons (Fsp3) is 0.333. The average Bonchev–Trinajstić information content (AvgIpc) is 3.34. The van der Waals surface area contributed by atoms with Crippen molar-refractivity contribution in [1.29, 1.82) is 0 Å². The van der Waals surface area contributed by atoms with Gasteiger partial charge in [0.1, 0.15) is 6.61 Å². The van der Waals surface area contributed by atoms with Crippen LogP contribution in [0.4, 0.5) is 16.2 Å². The second kappa shape index (κ2) is 6.83. The van der Waals surface area contributed by atoms with Crippen LogP contribution in [0.15, 0.2) is 48.5 Å². The largest absolute Gasteiger partial charge is 0.447 e. The molecule has 2 aliphatic rings. The minimum Gasteiger partial charge on any atom is -0.447 e. The Morgan fingerprint density at radius 3 is 2.69 bits per heavy atom. The third-order valence-corrected chi connectivity index (χ3v) is 5.22. The van der Waals surface area contributed by atoms with Crippen molar-refractivity contribution >= 4 is 23.4 Å². The molecule has 0 radical (unpaired) electrons. The van der Waals surface area contributed by atoms with Crippen LogP contribution in [0.2, 0.25) is 0 Å². The van der Waals surface area contributed by atoms with Gasteiger partial charge in [0.2, 0.25) is 0 Å². The normalized spacial score (nSPS) is 21.4. The van der Waals surface area contributed by atoms with E-state index in [2.05, 4.69) is 24.4 Å². The molecule has 0 aromatic heterocycles. The number of benzene rings is 2. The van der Waals surface area contributed by atoms with Gasteiger partial charge in [0.05, 0.1) is 6.54 Å². The Labute approximate surface area is 153 Å². The number of hydrogen-bond donors (Lipinski definition) is 1. The average molecular weight is 350 g/mol. The van der Waals surface area contributed by atoms with E-state index < -0.39 is 0 Å². The Morgan fingerprint density at radius 1 is 1.23 bits per heavy atom. The van der Waals surface area contributed by atoms with Crippen LogP contribution in [0.1, 0.15) is 41.6 Å². The Bertz CT molecular complexity index is 831. The fourth-order valence-electron chi connectivity index (χ4n) is 3.57. The third kappa shape index (κ3) is 3.29. The first-order valence-corrected chi connectivity index (χ1v) is 9.11. The summed E-state index contributed by atoms with van der Waals surface area (Å²) in [7, 11) is 0. The van der Waals surface area contributed by atoms with Crippen molar-refractivity contribution in [2.75, 3.05) is 23.4 Å². The van der Waals surface area contributed by atoms with Crippen molar-refractivity contribution in [2.45, 2.75) is 25.7 Å². The van der Waals surface area contributed by atoms with Gasteiger partial charge in [0.15, 0.2) is 0 Å². The number of rotatable bonds is 5. The second-order valence-electron chi connectivity index (χ2n) is 6.90. The SMILES string of the molecule is CCC1CC1c1ccc(NC(=O)c2cccc(N3CCOC3=O)c2)cc1. The zero-order chi connectivity index (χ0) is 18.1. The highest BCUT2D eigenvalue weighted by atomic mass is 16.6. The first-order valence-electron chi connectivity index (χ1n) is 9.11. The standard InChI is InChI=1S/C21H22N2O3/c1-2-14-13-19(14)15-6-8-17(9-7-15)22-20(24)16-4-3-5-18(12-16)23-10-11-26-21(23)25/h3-9,12,14,19H,2,10-11,13H2,1H3,(H,22,24). The molecule has 0 spiro atoms. The van der Waals surface area contributed by atoms with Crippen LogP contribution in [-0.2, 0) is 4.74 Å². The first kappa shape index (κ1) is 16.6. The number of carbonyl (C=O) groups is 2. The van der Waals surface area contributed by atoms with Crippen LogP contribution in [0.25, 0.3) is 0 Å². The number of ether oxygens (including phenoxy) is 1. The molecule has 2 amide bonds. The molecule has 2 aromatic carbocycles. The van der Waals surface area contributed by atoms with E-state index in [0.29, 0.717) is 30.3 Å². The van der Waals surface area contributed by atoms with Crippen molar-refractivity contribution in [3.63, 3.8) is 0 Å². The Morgan fingerprint density at radius 2 is 2.04 bits per heavy atom. The van der Waals surface area contributed by atoms with E-state index in [0.717, 1.165) is 11.6 Å². The van der Waals surface area contributed by atoms with Crippen molar-refractivity contribution in [1.82, 2.24) is 0 Å². The van der Waals surface area contributed by atoms with E-state index in [-0.39, 0.29) is 12.0 Å². The summed E-state index contributed by atoms with van der Waals surface area (Å²) in [6, 6.07) is 15.2. The molecular formula is C21H22N2O3. The van der Waals surface area contributed by atoms with Crippen molar-refractivity contribution < 1.29 is 14.3 Å². The molecule has 1 aliphatic carbocycles. The lowest BCUT2D eigenvalue weighted by molar-refractivity contribution is 0.102. The fourth-order valence-corrected chi connectivity index (χ4v) is 3.57. The maximum absolute atomic E-state index is 12.5. The van der Waals surface area contributed by atoms with Crippen LogP contribution in [0, 0.1) is 5.92 Å². The zero-order valence-electron chi connectivity index (χ0n) is 14.8. The molecule has 0 bridgehead atoms. The predicted octanol–water partition coefficient (Wildman–Crippen LogP) is 4.41. The molecule has 2 atom stereocenters. The quantitative estimate of drug-likeness (QED) is 0.869. The van der Waals surface area contributed by atoms with Gasteiger partial charge >= 0.3 is 6.09 Å². The molecule has 1 saturated carbocycles. The molecule has 4 rings (SSSR count). The molecular weight excluding hydrogens is 328 g/mol. The lowest BCUT2D eigenvalue weighted by Crippen LogP contribution is -2.23. The van der Waals surface area contributed by atoms with Gasteiger partial charge in [-0.3, -0.25) is 9.69 Å². The van der Waals surface area contributed by atoms with Gasteiger partial charge in [0, 0.05) is 16.9 Å². The van der Waals surface area contributed by atoms with E-state index >= 15 is 0 Å². The molecule has 1 saturated heterocycles. The molecule has 134 valence electrons. The maximum atomic E-state index is 12.5. The van der Waals surface area contributed by atoms with E-state index in [1.165, 1.54) is 23.3 Å². The van der Waals surface area contributed by atoms with Gasteiger partial charge in [-0.2, -0.15) is 0 Å². The predicted molar refractivity (Wildman–Crippen MR) is 101 cm³/mol. The van der Waals surface area contributed by atoms with Crippen molar-refractivity contribution in [3.05, 3.63) is 59.7 Å². The topological polar surface area (TPSA) is 58.6 Å². The molecule has 1 aliphatic heterocycles. The summed E-state index contributed by atoms with van der Waals surface area (Å²) in [6.45, 7) is 3.11. The minimum absolute atomic E-state index is 0.190. The Balaban J connectivity index is 1.44. The highest BCUT2D eigenvalue weighted by Crippen LogP contribution is 2.49. The van der Waals surface area contributed by atoms with Crippen LogP contribution in [0.5, 0.6) is 0 Å². The summed E-state index contributed by atoms with van der Waals surface area (Å²) in [5.74, 6) is 1.31. The second-order valence-corrected chi connectivity index (χ2v) is 6.90. The van der Waals surface area contributed by atoms with Gasteiger partial charge < -0.3 is 10.1 Å².